The Morgan fingerprint density at radius 2 is 2.43 bits per heavy atom. The fourth-order valence-corrected chi connectivity index (χ4v) is 2.10. The molecule has 14 heavy (non-hydrogen) atoms. The first-order valence-corrected chi connectivity index (χ1v) is 5.01. The molecule has 3 rings (SSSR count). The summed E-state index contributed by atoms with van der Waals surface area (Å²) in [5.74, 6) is 1.39. The largest absolute Gasteiger partial charge is 0.345 e. The maximum atomic E-state index is 5.63. The number of aromatic nitrogens is 2. The van der Waals surface area contributed by atoms with E-state index in [2.05, 4.69) is 28.2 Å². The summed E-state index contributed by atoms with van der Waals surface area (Å²) in [6.45, 7) is 0.811. The van der Waals surface area contributed by atoms with Crippen molar-refractivity contribution in [2.24, 2.45) is 11.7 Å². The van der Waals surface area contributed by atoms with Crippen LogP contribution in [0.5, 0.6) is 0 Å². The molecule has 1 aromatic carbocycles. The molecule has 1 heterocycles. The monoisotopic (exact) mass is 187 g/mol. The molecule has 1 fully saturated rings. The predicted octanol–water partition coefficient (Wildman–Crippen LogP) is 1.63. The Bertz CT molecular complexity index is 460. The van der Waals surface area contributed by atoms with Gasteiger partial charge in [-0.3, -0.25) is 0 Å². The fourth-order valence-electron chi connectivity index (χ4n) is 2.10. The fraction of sp³-hybridized carbons (Fsp3) is 0.364. The molecule has 0 unspecified atom stereocenters. The van der Waals surface area contributed by atoms with Gasteiger partial charge in [0.1, 0.15) is 0 Å². The van der Waals surface area contributed by atoms with Crippen LogP contribution in [0.3, 0.4) is 0 Å². The van der Waals surface area contributed by atoms with Gasteiger partial charge in [-0.05, 0) is 42.5 Å². The standard InChI is InChI=1S/C11H13N3/c12-5-8-3-9(8)7-1-2-10-11(4-7)14-6-13-10/h1-2,4,6,8-9H,3,5,12H2,(H,13,14)/t8-,9-/m0/s1. The number of hydrogen-bond donors (Lipinski definition) is 2. The van der Waals surface area contributed by atoms with E-state index in [1.807, 2.05) is 0 Å². The number of benzene rings is 1. The topological polar surface area (TPSA) is 54.7 Å². The second-order valence-corrected chi connectivity index (χ2v) is 4.02. The molecule has 1 aliphatic carbocycles. The summed E-state index contributed by atoms with van der Waals surface area (Å²) in [5, 5.41) is 0. The van der Waals surface area contributed by atoms with Crippen molar-refractivity contribution in [3.63, 3.8) is 0 Å². The molecule has 3 heteroatoms. The molecule has 0 spiro atoms. The lowest BCUT2D eigenvalue weighted by Gasteiger charge is -1.98. The number of imidazole rings is 1. The van der Waals surface area contributed by atoms with Crippen molar-refractivity contribution >= 4 is 11.0 Å². The lowest BCUT2D eigenvalue weighted by molar-refractivity contribution is 0.810. The highest BCUT2D eigenvalue weighted by Crippen LogP contribution is 2.46. The Balaban J connectivity index is 1.98. The van der Waals surface area contributed by atoms with Crippen molar-refractivity contribution in [1.29, 1.82) is 0 Å². The van der Waals surface area contributed by atoms with Gasteiger partial charge in [0, 0.05) is 0 Å². The third-order valence-electron chi connectivity index (χ3n) is 3.10. The molecule has 2 aromatic rings. The minimum Gasteiger partial charge on any atom is -0.345 e. The highest BCUT2D eigenvalue weighted by atomic mass is 14.9. The van der Waals surface area contributed by atoms with Gasteiger partial charge >= 0.3 is 0 Å². The molecule has 0 aliphatic heterocycles. The van der Waals surface area contributed by atoms with Crippen molar-refractivity contribution in [3.05, 3.63) is 30.1 Å². The first-order valence-electron chi connectivity index (χ1n) is 5.01. The van der Waals surface area contributed by atoms with Gasteiger partial charge in [0.2, 0.25) is 0 Å². The van der Waals surface area contributed by atoms with E-state index in [-0.39, 0.29) is 0 Å². The molecule has 3 nitrogen and oxygen atoms in total. The van der Waals surface area contributed by atoms with E-state index in [1.54, 1.807) is 6.33 Å². The third kappa shape index (κ3) is 1.13. The summed E-state index contributed by atoms with van der Waals surface area (Å²) in [7, 11) is 0. The van der Waals surface area contributed by atoms with Crippen LogP contribution in [0.1, 0.15) is 17.9 Å². The Kier molecular flexibility index (Phi) is 1.61. The smallest absolute Gasteiger partial charge is 0.0931 e. The van der Waals surface area contributed by atoms with Crippen LogP contribution in [0.25, 0.3) is 11.0 Å². The zero-order valence-electron chi connectivity index (χ0n) is 7.90. The average Bonchev–Trinajstić information content (AvgIpc) is 2.87. The molecular formula is C11H13N3. The van der Waals surface area contributed by atoms with Gasteiger partial charge in [-0.25, -0.2) is 4.98 Å². The first-order chi connectivity index (χ1) is 6.88. The van der Waals surface area contributed by atoms with E-state index in [1.165, 1.54) is 12.0 Å². The van der Waals surface area contributed by atoms with Gasteiger partial charge in [0.05, 0.1) is 17.4 Å². The van der Waals surface area contributed by atoms with Crippen LogP contribution in [0.4, 0.5) is 0 Å². The van der Waals surface area contributed by atoms with Gasteiger partial charge in [0.25, 0.3) is 0 Å². The number of aromatic amines is 1. The quantitative estimate of drug-likeness (QED) is 0.750. The molecule has 3 N–H and O–H groups in total. The summed E-state index contributed by atoms with van der Waals surface area (Å²) in [6, 6.07) is 6.44. The summed E-state index contributed by atoms with van der Waals surface area (Å²) in [4.78, 5) is 7.33. The lowest BCUT2D eigenvalue weighted by Crippen LogP contribution is -2.01. The molecule has 72 valence electrons. The van der Waals surface area contributed by atoms with Crippen molar-refractivity contribution in [3.8, 4) is 0 Å². The van der Waals surface area contributed by atoms with Gasteiger partial charge in [-0.1, -0.05) is 6.07 Å². The van der Waals surface area contributed by atoms with E-state index in [9.17, 15) is 0 Å². The Labute approximate surface area is 82.3 Å². The normalized spacial score (nSPS) is 25.5. The van der Waals surface area contributed by atoms with Crippen molar-refractivity contribution in [1.82, 2.24) is 9.97 Å². The molecule has 0 bridgehead atoms. The van der Waals surface area contributed by atoms with Crippen LogP contribution in [-0.2, 0) is 0 Å². The number of nitrogens with two attached hydrogens (primary N) is 1. The number of hydrogen-bond acceptors (Lipinski definition) is 2. The number of rotatable bonds is 2. The number of nitrogens with one attached hydrogen (secondary N) is 1. The van der Waals surface area contributed by atoms with E-state index < -0.39 is 0 Å². The average molecular weight is 187 g/mol. The van der Waals surface area contributed by atoms with Gasteiger partial charge in [-0.2, -0.15) is 0 Å². The predicted molar refractivity (Wildman–Crippen MR) is 56.0 cm³/mol. The van der Waals surface area contributed by atoms with E-state index >= 15 is 0 Å². The van der Waals surface area contributed by atoms with Crippen LogP contribution in [0, 0.1) is 5.92 Å². The van der Waals surface area contributed by atoms with Crippen molar-refractivity contribution in [2.75, 3.05) is 6.54 Å². The second kappa shape index (κ2) is 2.82. The summed E-state index contributed by atoms with van der Waals surface area (Å²) in [6.07, 6.45) is 2.98. The molecular weight excluding hydrogens is 174 g/mol. The van der Waals surface area contributed by atoms with Crippen molar-refractivity contribution in [2.45, 2.75) is 12.3 Å². The molecule has 1 aromatic heterocycles. The highest BCUT2D eigenvalue weighted by molar-refractivity contribution is 5.75. The molecule has 1 aliphatic rings. The van der Waals surface area contributed by atoms with E-state index in [0.717, 1.165) is 17.6 Å². The number of fused-ring (bicyclic) bond motifs is 1. The molecule has 0 amide bonds. The van der Waals surface area contributed by atoms with E-state index in [0.29, 0.717) is 11.8 Å². The number of nitrogens with zero attached hydrogens (tertiary/aromatic N) is 1. The van der Waals surface area contributed by atoms with Gasteiger partial charge < -0.3 is 10.7 Å². The van der Waals surface area contributed by atoms with Crippen LogP contribution in [0.15, 0.2) is 24.5 Å². The summed E-state index contributed by atoms with van der Waals surface area (Å²) in [5.41, 5.74) is 9.20. The highest BCUT2D eigenvalue weighted by Gasteiger charge is 2.36. The maximum absolute atomic E-state index is 5.63. The Morgan fingerprint density at radius 1 is 1.50 bits per heavy atom. The SMILES string of the molecule is NC[C@@H]1C[C@H]1c1ccc2nc[nH]c2c1. The summed E-state index contributed by atoms with van der Waals surface area (Å²) < 4.78 is 0. The first kappa shape index (κ1) is 8.00. The van der Waals surface area contributed by atoms with Crippen molar-refractivity contribution < 1.29 is 0 Å². The third-order valence-corrected chi connectivity index (χ3v) is 3.10. The minimum atomic E-state index is 0.688. The number of H-pyrrole nitrogens is 1. The molecule has 0 saturated heterocycles. The maximum Gasteiger partial charge on any atom is 0.0931 e. The molecule has 2 atom stereocenters. The van der Waals surface area contributed by atoms with Gasteiger partial charge in [-0.15, -0.1) is 0 Å². The molecule has 1 saturated carbocycles. The zero-order valence-corrected chi connectivity index (χ0v) is 7.90. The van der Waals surface area contributed by atoms with Crippen LogP contribution in [-0.4, -0.2) is 16.5 Å². The minimum absolute atomic E-state index is 0.688. The zero-order chi connectivity index (χ0) is 9.54. The Morgan fingerprint density at radius 3 is 3.21 bits per heavy atom. The lowest BCUT2D eigenvalue weighted by atomic mass is 10.1. The van der Waals surface area contributed by atoms with Crippen LogP contribution in [0.2, 0.25) is 0 Å². The van der Waals surface area contributed by atoms with Gasteiger partial charge in [0.15, 0.2) is 0 Å². The second-order valence-electron chi connectivity index (χ2n) is 4.02. The molecule has 0 radical (unpaired) electrons. The Hall–Kier alpha value is -1.35. The summed E-state index contributed by atoms with van der Waals surface area (Å²) >= 11 is 0. The van der Waals surface area contributed by atoms with Crippen LogP contribution < -0.4 is 5.73 Å². The van der Waals surface area contributed by atoms with E-state index in [4.69, 9.17) is 5.73 Å². The van der Waals surface area contributed by atoms with Crippen LogP contribution >= 0.6 is 0 Å².